The van der Waals surface area contributed by atoms with E-state index in [1.54, 1.807) is 0 Å². The molecule has 1 aliphatic rings. The van der Waals surface area contributed by atoms with E-state index in [1.807, 2.05) is 0 Å². The molecule has 120 valence electrons. The average Bonchev–Trinajstić information content (AvgIpc) is 2.50. The lowest BCUT2D eigenvalue weighted by molar-refractivity contribution is 0.225. The van der Waals surface area contributed by atoms with Crippen LogP contribution < -0.4 is 0 Å². The number of unbranched alkanes of at least 4 members (excludes halogenated alkanes) is 8. The van der Waals surface area contributed by atoms with Crippen LogP contribution in [-0.4, -0.2) is 0 Å². The fourth-order valence-electron chi connectivity index (χ4n) is 4.10. The number of hydrogen-bond donors (Lipinski definition) is 0. The first-order chi connectivity index (χ1) is 9.88. The zero-order chi connectivity index (χ0) is 14.5. The van der Waals surface area contributed by atoms with Gasteiger partial charge in [-0.05, 0) is 11.8 Å². The standard InChI is InChI=1S/C20H40/c1-3-5-6-7-8-9-10-11-13-16-19(4-2)20-17-14-12-15-18-20/h19-20H,3-18H2,1-2H3. The molecule has 0 heterocycles. The average molecular weight is 281 g/mol. The van der Waals surface area contributed by atoms with E-state index < -0.39 is 0 Å². The van der Waals surface area contributed by atoms with Gasteiger partial charge in [0.05, 0.1) is 0 Å². The fourth-order valence-corrected chi connectivity index (χ4v) is 4.10. The molecule has 1 fully saturated rings. The quantitative estimate of drug-likeness (QED) is 0.324. The molecular formula is C20H40. The van der Waals surface area contributed by atoms with E-state index in [0.717, 1.165) is 11.8 Å². The Morgan fingerprint density at radius 2 is 1.25 bits per heavy atom. The number of hydrogen-bond acceptors (Lipinski definition) is 0. The first kappa shape index (κ1) is 18.1. The molecule has 1 aliphatic carbocycles. The van der Waals surface area contributed by atoms with Gasteiger partial charge in [0.25, 0.3) is 0 Å². The maximum Gasteiger partial charge on any atom is -0.0386 e. The Bertz CT molecular complexity index is 190. The fraction of sp³-hybridized carbons (Fsp3) is 1.00. The topological polar surface area (TPSA) is 0 Å². The van der Waals surface area contributed by atoms with E-state index in [9.17, 15) is 0 Å². The summed E-state index contributed by atoms with van der Waals surface area (Å²) in [6, 6.07) is 0. The van der Waals surface area contributed by atoms with Crippen molar-refractivity contribution in [1.29, 1.82) is 0 Å². The molecule has 20 heavy (non-hydrogen) atoms. The summed E-state index contributed by atoms with van der Waals surface area (Å²) in [5.41, 5.74) is 0. The monoisotopic (exact) mass is 280 g/mol. The minimum absolute atomic E-state index is 1.06. The lowest BCUT2D eigenvalue weighted by Crippen LogP contribution is -2.17. The third kappa shape index (κ3) is 8.32. The maximum atomic E-state index is 2.42. The van der Waals surface area contributed by atoms with Crippen LogP contribution in [0.2, 0.25) is 0 Å². The summed E-state index contributed by atoms with van der Waals surface area (Å²) in [6.07, 6.45) is 23.8. The summed E-state index contributed by atoms with van der Waals surface area (Å²) >= 11 is 0. The van der Waals surface area contributed by atoms with Gasteiger partial charge in [-0.3, -0.25) is 0 Å². The second-order valence-electron chi connectivity index (χ2n) is 7.18. The number of rotatable bonds is 12. The maximum absolute atomic E-state index is 2.42. The Morgan fingerprint density at radius 1 is 0.700 bits per heavy atom. The Kier molecular flexibility index (Phi) is 11.5. The van der Waals surface area contributed by atoms with Crippen molar-refractivity contribution in [3.8, 4) is 0 Å². The van der Waals surface area contributed by atoms with Crippen LogP contribution in [0.3, 0.4) is 0 Å². The van der Waals surface area contributed by atoms with Crippen molar-refractivity contribution in [2.75, 3.05) is 0 Å². The molecule has 0 bridgehead atoms. The van der Waals surface area contributed by atoms with Crippen molar-refractivity contribution in [3.63, 3.8) is 0 Å². The Hall–Kier alpha value is 0. The van der Waals surface area contributed by atoms with E-state index in [1.165, 1.54) is 103 Å². The van der Waals surface area contributed by atoms with Gasteiger partial charge in [0.1, 0.15) is 0 Å². The lowest BCUT2D eigenvalue weighted by Gasteiger charge is -2.29. The van der Waals surface area contributed by atoms with Gasteiger partial charge in [-0.1, -0.05) is 117 Å². The van der Waals surface area contributed by atoms with E-state index in [2.05, 4.69) is 13.8 Å². The molecule has 0 aliphatic heterocycles. The summed E-state index contributed by atoms with van der Waals surface area (Å²) in [6.45, 7) is 4.73. The van der Waals surface area contributed by atoms with Gasteiger partial charge in [-0.15, -0.1) is 0 Å². The predicted octanol–water partition coefficient (Wildman–Crippen LogP) is 7.51. The van der Waals surface area contributed by atoms with Crippen LogP contribution in [0.15, 0.2) is 0 Å². The smallest absolute Gasteiger partial charge is 0.0386 e. The van der Waals surface area contributed by atoms with Crippen LogP contribution in [0.1, 0.15) is 117 Å². The Labute approximate surface area is 129 Å². The molecule has 1 saturated carbocycles. The molecule has 0 aromatic rings. The summed E-state index contributed by atoms with van der Waals surface area (Å²) in [7, 11) is 0. The zero-order valence-corrected chi connectivity index (χ0v) is 14.5. The van der Waals surface area contributed by atoms with Crippen LogP contribution in [0, 0.1) is 11.8 Å². The van der Waals surface area contributed by atoms with Gasteiger partial charge < -0.3 is 0 Å². The van der Waals surface area contributed by atoms with Crippen molar-refractivity contribution in [1.82, 2.24) is 0 Å². The normalized spacial score (nSPS) is 18.3. The summed E-state index contributed by atoms with van der Waals surface area (Å²) in [5.74, 6) is 2.14. The Morgan fingerprint density at radius 3 is 1.80 bits per heavy atom. The molecule has 0 radical (unpaired) electrons. The SMILES string of the molecule is CCCCCCCCCCCC(CC)C1CCCCC1. The van der Waals surface area contributed by atoms with Crippen molar-refractivity contribution < 1.29 is 0 Å². The van der Waals surface area contributed by atoms with Crippen LogP contribution in [0.5, 0.6) is 0 Å². The first-order valence-electron chi connectivity index (χ1n) is 9.88. The molecule has 1 unspecified atom stereocenters. The summed E-state index contributed by atoms with van der Waals surface area (Å²) in [4.78, 5) is 0. The second-order valence-corrected chi connectivity index (χ2v) is 7.18. The molecule has 0 heteroatoms. The van der Waals surface area contributed by atoms with Crippen molar-refractivity contribution >= 4 is 0 Å². The molecule has 0 N–H and O–H groups in total. The third-order valence-corrected chi connectivity index (χ3v) is 5.52. The van der Waals surface area contributed by atoms with Gasteiger partial charge in [0, 0.05) is 0 Å². The molecule has 0 amide bonds. The summed E-state index contributed by atoms with van der Waals surface area (Å²) in [5, 5.41) is 0. The largest absolute Gasteiger partial charge is 0.0654 e. The molecule has 0 aromatic heterocycles. The molecule has 0 spiro atoms. The second kappa shape index (κ2) is 12.7. The molecular weight excluding hydrogens is 240 g/mol. The van der Waals surface area contributed by atoms with Crippen molar-refractivity contribution in [2.45, 2.75) is 117 Å². The van der Waals surface area contributed by atoms with E-state index in [-0.39, 0.29) is 0 Å². The van der Waals surface area contributed by atoms with Gasteiger partial charge in [-0.25, -0.2) is 0 Å². The van der Waals surface area contributed by atoms with Crippen LogP contribution >= 0.6 is 0 Å². The highest BCUT2D eigenvalue weighted by molar-refractivity contribution is 4.73. The van der Waals surface area contributed by atoms with Crippen molar-refractivity contribution in [3.05, 3.63) is 0 Å². The zero-order valence-electron chi connectivity index (χ0n) is 14.5. The third-order valence-electron chi connectivity index (χ3n) is 5.52. The highest BCUT2D eigenvalue weighted by Gasteiger charge is 2.21. The molecule has 0 aromatic carbocycles. The first-order valence-corrected chi connectivity index (χ1v) is 9.88. The highest BCUT2D eigenvalue weighted by Crippen LogP contribution is 2.34. The minimum atomic E-state index is 1.06. The van der Waals surface area contributed by atoms with Gasteiger partial charge >= 0.3 is 0 Å². The minimum Gasteiger partial charge on any atom is -0.0654 e. The summed E-state index contributed by atoms with van der Waals surface area (Å²) < 4.78 is 0. The van der Waals surface area contributed by atoms with Crippen molar-refractivity contribution in [2.24, 2.45) is 11.8 Å². The van der Waals surface area contributed by atoms with Gasteiger partial charge in [0.15, 0.2) is 0 Å². The van der Waals surface area contributed by atoms with Gasteiger partial charge in [0.2, 0.25) is 0 Å². The molecule has 0 saturated heterocycles. The van der Waals surface area contributed by atoms with E-state index >= 15 is 0 Å². The van der Waals surface area contributed by atoms with E-state index in [4.69, 9.17) is 0 Å². The van der Waals surface area contributed by atoms with E-state index in [0.29, 0.717) is 0 Å². The van der Waals surface area contributed by atoms with Crippen LogP contribution in [-0.2, 0) is 0 Å². The molecule has 1 atom stereocenters. The Balaban J connectivity index is 1.93. The molecule has 1 rings (SSSR count). The van der Waals surface area contributed by atoms with Crippen LogP contribution in [0.4, 0.5) is 0 Å². The van der Waals surface area contributed by atoms with Crippen LogP contribution in [0.25, 0.3) is 0 Å². The predicted molar refractivity (Wildman–Crippen MR) is 92.2 cm³/mol. The molecule has 0 nitrogen and oxygen atoms in total. The highest BCUT2D eigenvalue weighted by atomic mass is 14.3. The van der Waals surface area contributed by atoms with Gasteiger partial charge in [-0.2, -0.15) is 0 Å². The lowest BCUT2D eigenvalue weighted by atomic mass is 9.76.